The first-order valence-corrected chi connectivity index (χ1v) is 6.72. The maximum absolute atomic E-state index is 11.6. The fourth-order valence-corrected chi connectivity index (χ4v) is 1.65. The predicted octanol–water partition coefficient (Wildman–Crippen LogP) is 1.88. The molecule has 0 bridgehead atoms. The summed E-state index contributed by atoms with van der Waals surface area (Å²) >= 11 is 0. The van der Waals surface area contributed by atoms with Gasteiger partial charge in [-0.1, -0.05) is 12.1 Å². The topological polar surface area (TPSA) is 50.4 Å². The lowest BCUT2D eigenvalue weighted by Gasteiger charge is -2.16. The molecule has 0 fully saturated rings. The third-order valence-corrected chi connectivity index (χ3v) is 2.64. The van der Waals surface area contributed by atoms with Crippen LogP contribution in [0, 0.1) is 6.92 Å². The molecule has 4 heteroatoms. The highest BCUT2D eigenvalue weighted by molar-refractivity contribution is 5.81. The van der Waals surface area contributed by atoms with Crippen LogP contribution in [0.25, 0.3) is 0 Å². The number of hydrogen-bond donors (Lipinski definition) is 2. The van der Waals surface area contributed by atoms with Gasteiger partial charge >= 0.3 is 0 Å². The van der Waals surface area contributed by atoms with Crippen LogP contribution in [0.4, 0.5) is 0 Å². The minimum Gasteiger partial charge on any atom is -0.492 e. The first kappa shape index (κ1) is 15.5. The largest absolute Gasteiger partial charge is 0.492 e. The van der Waals surface area contributed by atoms with Crippen LogP contribution in [0.15, 0.2) is 24.3 Å². The van der Waals surface area contributed by atoms with E-state index in [4.69, 9.17) is 4.74 Å². The summed E-state index contributed by atoms with van der Waals surface area (Å²) in [7, 11) is 0. The molecule has 0 aliphatic heterocycles. The Morgan fingerprint density at radius 2 is 2.05 bits per heavy atom. The van der Waals surface area contributed by atoms with Gasteiger partial charge in [0.15, 0.2) is 0 Å². The Morgan fingerprint density at radius 1 is 1.32 bits per heavy atom. The summed E-state index contributed by atoms with van der Waals surface area (Å²) in [5.74, 6) is 0.881. The lowest BCUT2D eigenvalue weighted by molar-refractivity contribution is -0.123. The van der Waals surface area contributed by atoms with Gasteiger partial charge in [-0.3, -0.25) is 4.79 Å². The molecule has 1 aromatic carbocycles. The number of aryl methyl sites for hydroxylation is 1. The van der Waals surface area contributed by atoms with Gasteiger partial charge in [-0.05, 0) is 45.4 Å². The fourth-order valence-electron chi connectivity index (χ4n) is 1.65. The zero-order valence-electron chi connectivity index (χ0n) is 12.2. The zero-order valence-corrected chi connectivity index (χ0v) is 12.2. The number of carbonyl (C=O) groups excluding carboxylic acids is 1. The number of amides is 1. The molecule has 19 heavy (non-hydrogen) atoms. The smallest absolute Gasteiger partial charge is 0.237 e. The minimum absolute atomic E-state index is 0.0190. The van der Waals surface area contributed by atoms with E-state index in [1.165, 1.54) is 5.56 Å². The molecule has 0 heterocycles. The van der Waals surface area contributed by atoms with Gasteiger partial charge in [0, 0.05) is 12.6 Å². The Hall–Kier alpha value is -1.55. The first-order chi connectivity index (χ1) is 8.99. The maximum Gasteiger partial charge on any atom is 0.237 e. The summed E-state index contributed by atoms with van der Waals surface area (Å²) in [6.07, 6.45) is 0. The summed E-state index contributed by atoms with van der Waals surface area (Å²) in [6.45, 7) is 8.97. The van der Waals surface area contributed by atoms with Crippen LogP contribution in [-0.2, 0) is 4.79 Å². The average Bonchev–Trinajstić information content (AvgIpc) is 2.33. The molecule has 0 aliphatic carbocycles. The van der Waals surface area contributed by atoms with E-state index >= 15 is 0 Å². The molecule has 106 valence electrons. The van der Waals surface area contributed by atoms with Gasteiger partial charge in [0.05, 0.1) is 6.04 Å². The molecule has 0 saturated carbocycles. The van der Waals surface area contributed by atoms with Gasteiger partial charge in [0.1, 0.15) is 12.4 Å². The first-order valence-electron chi connectivity index (χ1n) is 6.72. The standard InChI is InChI=1S/C15H24N2O2/c1-11(2)17-15(18)13(4)16-8-9-19-14-7-5-6-12(3)10-14/h5-7,10-11,13,16H,8-9H2,1-4H3,(H,17,18). The van der Waals surface area contributed by atoms with E-state index < -0.39 is 0 Å². The highest BCUT2D eigenvalue weighted by Gasteiger charge is 2.12. The van der Waals surface area contributed by atoms with Crippen molar-refractivity contribution >= 4 is 5.91 Å². The van der Waals surface area contributed by atoms with Gasteiger partial charge in [-0.25, -0.2) is 0 Å². The van der Waals surface area contributed by atoms with Gasteiger partial charge < -0.3 is 15.4 Å². The van der Waals surface area contributed by atoms with Crippen molar-refractivity contribution in [3.63, 3.8) is 0 Å². The molecule has 2 N–H and O–H groups in total. The summed E-state index contributed by atoms with van der Waals surface area (Å²) in [6, 6.07) is 7.89. The summed E-state index contributed by atoms with van der Waals surface area (Å²) < 4.78 is 5.60. The lowest BCUT2D eigenvalue weighted by Crippen LogP contribution is -2.45. The Labute approximate surface area is 115 Å². The SMILES string of the molecule is Cc1cccc(OCCNC(C)C(=O)NC(C)C)c1. The molecule has 1 amide bonds. The third-order valence-electron chi connectivity index (χ3n) is 2.64. The van der Waals surface area contributed by atoms with Crippen molar-refractivity contribution in [2.24, 2.45) is 0 Å². The summed E-state index contributed by atoms with van der Waals surface area (Å²) in [5.41, 5.74) is 1.18. The maximum atomic E-state index is 11.6. The number of nitrogens with one attached hydrogen (secondary N) is 2. The number of carbonyl (C=O) groups is 1. The summed E-state index contributed by atoms with van der Waals surface area (Å²) in [4.78, 5) is 11.6. The van der Waals surface area contributed by atoms with Crippen LogP contribution < -0.4 is 15.4 Å². The van der Waals surface area contributed by atoms with Crippen molar-refractivity contribution in [2.75, 3.05) is 13.2 Å². The molecule has 1 atom stereocenters. The van der Waals surface area contributed by atoms with Crippen LogP contribution >= 0.6 is 0 Å². The Balaban J connectivity index is 2.22. The second-order valence-corrected chi connectivity index (χ2v) is 5.00. The highest BCUT2D eigenvalue weighted by Crippen LogP contribution is 2.11. The number of rotatable bonds is 7. The van der Waals surface area contributed by atoms with Crippen molar-refractivity contribution in [1.29, 1.82) is 0 Å². The van der Waals surface area contributed by atoms with E-state index in [0.29, 0.717) is 13.2 Å². The fraction of sp³-hybridized carbons (Fsp3) is 0.533. The third kappa shape index (κ3) is 6.25. The quantitative estimate of drug-likeness (QED) is 0.739. The van der Waals surface area contributed by atoms with Crippen LogP contribution in [0.1, 0.15) is 26.3 Å². The molecular formula is C15H24N2O2. The van der Waals surface area contributed by atoms with Crippen molar-refractivity contribution in [3.8, 4) is 5.75 Å². The zero-order chi connectivity index (χ0) is 14.3. The molecule has 0 aromatic heterocycles. The molecule has 0 spiro atoms. The van der Waals surface area contributed by atoms with E-state index in [1.807, 2.05) is 52.0 Å². The Kier molecular flexibility index (Phi) is 6.36. The van der Waals surface area contributed by atoms with Crippen LogP contribution in [0.2, 0.25) is 0 Å². The Bertz CT molecular complexity index is 405. The van der Waals surface area contributed by atoms with Crippen molar-refractivity contribution < 1.29 is 9.53 Å². The second-order valence-electron chi connectivity index (χ2n) is 5.00. The van der Waals surface area contributed by atoms with Crippen molar-refractivity contribution in [2.45, 2.75) is 39.8 Å². The van der Waals surface area contributed by atoms with E-state index in [2.05, 4.69) is 10.6 Å². The molecular weight excluding hydrogens is 240 g/mol. The monoisotopic (exact) mass is 264 g/mol. The average molecular weight is 264 g/mol. The molecule has 1 unspecified atom stereocenters. The second kappa shape index (κ2) is 7.79. The number of ether oxygens (including phenoxy) is 1. The van der Waals surface area contributed by atoms with Gasteiger partial charge in [0.25, 0.3) is 0 Å². The highest BCUT2D eigenvalue weighted by atomic mass is 16.5. The summed E-state index contributed by atoms with van der Waals surface area (Å²) in [5, 5.41) is 6.00. The van der Waals surface area contributed by atoms with Crippen LogP contribution in [0.3, 0.4) is 0 Å². The normalized spacial score (nSPS) is 12.3. The number of benzene rings is 1. The van der Waals surface area contributed by atoms with E-state index in [-0.39, 0.29) is 18.0 Å². The van der Waals surface area contributed by atoms with Crippen molar-refractivity contribution in [1.82, 2.24) is 10.6 Å². The molecule has 1 rings (SSSR count). The predicted molar refractivity (Wildman–Crippen MR) is 77.4 cm³/mol. The molecule has 0 aliphatic rings. The molecule has 1 aromatic rings. The van der Waals surface area contributed by atoms with Gasteiger partial charge in [0.2, 0.25) is 5.91 Å². The van der Waals surface area contributed by atoms with Crippen molar-refractivity contribution in [3.05, 3.63) is 29.8 Å². The van der Waals surface area contributed by atoms with E-state index in [0.717, 1.165) is 5.75 Å². The molecule has 0 saturated heterocycles. The molecule has 4 nitrogen and oxygen atoms in total. The van der Waals surface area contributed by atoms with E-state index in [9.17, 15) is 4.79 Å². The van der Waals surface area contributed by atoms with Gasteiger partial charge in [-0.2, -0.15) is 0 Å². The van der Waals surface area contributed by atoms with Gasteiger partial charge in [-0.15, -0.1) is 0 Å². The van der Waals surface area contributed by atoms with Crippen LogP contribution in [-0.4, -0.2) is 31.1 Å². The Morgan fingerprint density at radius 3 is 2.68 bits per heavy atom. The number of hydrogen-bond acceptors (Lipinski definition) is 3. The molecule has 0 radical (unpaired) electrons. The minimum atomic E-state index is -0.205. The van der Waals surface area contributed by atoms with Crippen LogP contribution in [0.5, 0.6) is 5.75 Å². The lowest BCUT2D eigenvalue weighted by atomic mass is 10.2. The van der Waals surface area contributed by atoms with E-state index in [1.54, 1.807) is 0 Å².